The minimum Gasteiger partial charge on any atom is -0.497 e. The molecule has 0 radical (unpaired) electrons. The summed E-state index contributed by atoms with van der Waals surface area (Å²) in [7, 11) is 1.57. The Morgan fingerprint density at radius 2 is 1.56 bits per heavy atom. The maximum atomic E-state index is 13.5. The van der Waals surface area contributed by atoms with E-state index in [0.717, 1.165) is 11.1 Å². The predicted octanol–water partition coefficient (Wildman–Crippen LogP) is 1.91. The van der Waals surface area contributed by atoms with Crippen molar-refractivity contribution in [1.29, 1.82) is 0 Å². The molecular formula is C27H28N4O5. The van der Waals surface area contributed by atoms with Crippen LogP contribution in [0.4, 0.5) is 0 Å². The molecule has 1 aliphatic rings. The maximum absolute atomic E-state index is 13.5. The largest absolute Gasteiger partial charge is 0.497 e. The van der Waals surface area contributed by atoms with Gasteiger partial charge in [0.2, 0.25) is 5.91 Å². The Labute approximate surface area is 209 Å². The summed E-state index contributed by atoms with van der Waals surface area (Å²) in [4.78, 5) is 47.3. The van der Waals surface area contributed by atoms with Crippen molar-refractivity contribution >= 4 is 17.6 Å². The van der Waals surface area contributed by atoms with Crippen LogP contribution >= 0.6 is 0 Å². The Kier molecular flexibility index (Phi) is 7.70. The summed E-state index contributed by atoms with van der Waals surface area (Å²) in [6, 6.07) is 14.9. The van der Waals surface area contributed by atoms with E-state index in [1.807, 2.05) is 42.5 Å². The second-order valence-corrected chi connectivity index (χ2v) is 8.84. The lowest BCUT2D eigenvalue weighted by Gasteiger charge is -2.24. The molecule has 1 saturated heterocycles. The number of nitrogens with one attached hydrogen (secondary N) is 2. The molecule has 2 aromatic carbocycles. The molecule has 9 nitrogen and oxygen atoms in total. The third kappa shape index (κ3) is 6.31. The number of ketones is 1. The molecule has 3 aromatic rings. The van der Waals surface area contributed by atoms with Gasteiger partial charge in [-0.25, -0.2) is 9.97 Å². The van der Waals surface area contributed by atoms with Gasteiger partial charge in [0.05, 0.1) is 25.3 Å². The fourth-order valence-corrected chi connectivity index (χ4v) is 3.81. The van der Waals surface area contributed by atoms with E-state index in [0.29, 0.717) is 18.8 Å². The first-order valence-corrected chi connectivity index (χ1v) is 11.6. The van der Waals surface area contributed by atoms with Crippen LogP contribution in [0.3, 0.4) is 0 Å². The molecule has 1 aliphatic heterocycles. The number of amides is 2. The number of Topliss-reactive ketones (excluding diaryl/α,β-unsaturated/α-hetero) is 1. The average molecular weight is 489 g/mol. The van der Waals surface area contributed by atoms with Crippen molar-refractivity contribution in [1.82, 2.24) is 20.6 Å². The number of carbonyl (C=O) groups excluding carboxylic acids is 3. The number of methoxy groups -OCH3 is 1. The van der Waals surface area contributed by atoms with E-state index in [1.54, 1.807) is 26.2 Å². The van der Waals surface area contributed by atoms with Gasteiger partial charge in [-0.05, 0) is 36.6 Å². The number of epoxide rings is 1. The van der Waals surface area contributed by atoms with Crippen molar-refractivity contribution in [3.05, 3.63) is 90.0 Å². The van der Waals surface area contributed by atoms with Crippen LogP contribution in [-0.4, -0.2) is 59.0 Å². The third-order valence-electron chi connectivity index (χ3n) is 6.06. The normalized spacial score (nSPS) is 17.9. The Balaban J connectivity index is 1.55. The zero-order valence-corrected chi connectivity index (χ0v) is 20.1. The van der Waals surface area contributed by atoms with Gasteiger partial charge in [-0.1, -0.05) is 42.5 Å². The van der Waals surface area contributed by atoms with E-state index in [4.69, 9.17) is 9.47 Å². The van der Waals surface area contributed by atoms with Gasteiger partial charge in [0.15, 0.2) is 5.78 Å². The average Bonchev–Trinajstić information content (AvgIpc) is 3.67. The number of ether oxygens (including phenoxy) is 2. The number of hydrogen-bond acceptors (Lipinski definition) is 7. The lowest BCUT2D eigenvalue weighted by atomic mass is 9.94. The molecule has 0 bridgehead atoms. The van der Waals surface area contributed by atoms with E-state index in [9.17, 15) is 14.4 Å². The van der Waals surface area contributed by atoms with Crippen LogP contribution in [0.2, 0.25) is 0 Å². The lowest BCUT2D eigenvalue weighted by molar-refractivity contribution is -0.131. The summed E-state index contributed by atoms with van der Waals surface area (Å²) in [6.07, 6.45) is 4.57. The fraction of sp³-hybridized carbons (Fsp3) is 0.296. The summed E-state index contributed by atoms with van der Waals surface area (Å²) in [5.41, 5.74) is 1.02. The van der Waals surface area contributed by atoms with Crippen molar-refractivity contribution in [2.45, 2.75) is 37.5 Å². The minimum absolute atomic E-state index is 0.203. The molecular weight excluding hydrogens is 460 g/mol. The molecule has 0 spiro atoms. The molecule has 9 heteroatoms. The summed E-state index contributed by atoms with van der Waals surface area (Å²) < 4.78 is 10.6. The third-order valence-corrected chi connectivity index (χ3v) is 6.06. The monoisotopic (exact) mass is 488 g/mol. The van der Waals surface area contributed by atoms with E-state index >= 15 is 0 Å². The summed E-state index contributed by atoms with van der Waals surface area (Å²) >= 11 is 0. The van der Waals surface area contributed by atoms with E-state index < -0.39 is 29.5 Å². The van der Waals surface area contributed by atoms with Crippen molar-refractivity contribution in [3.8, 4) is 5.75 Å². The minimum atomic E-state index is -0.954. The van der Waals surface area contributed by atoms with Gasteiger partial charge >= 0.3 is 0 Å². The molecule has 2 N–H and O–H groups in total. The molecule has 3 unspecified atom stereocenters. The van der Waals surface area contributed by atoms with Crippen LogP contribution in [0, 0.1) is 0 Å². The van der Waals surface area contributed by atoms with Crippen LogP contribution in [0.1, 0.15) is 28.4 Å². The topological polar surface area (TPSA) is 123 Å². The standard InChI is InChI=1S/C27H28N4O5/c1-27(16-36-27)24(32)22(12-18-6-4-3-5-7-18)30-26(34)23(13-19-8-10-21(35-2)11-9-19)31-25(33)20-14-28-17-29-15-20/h3-11,14-15,17,22-23H,12-13,16H2,1-2H3,(H,30,34)(H,31,33). The van der Waals surface area contributed by atoms with Gasteiger partial charge in [-0.3, -0.25) is 14.4 Å². The van der Waals surface area contributed by atoms with Crippen molar-refractivity contribution in [2.75, 3.05) is 13.7 Å². The molecule has 0 aliphatic carbocycles. The Hall–Kier alpha value is -4.11. The van der Waals surface area contributed by atoms with Crippen molar-refractivity contribution in [3.63, 3.8) is 0 Å². The molecule has 186 valence electrons. The molecule has 1 aromatic heterocycles. The lowest BCUT2D eigenvalue weighted by Crippen LogP contribution is -2.54. The fourth-order valence-electron chi connectivity index (χ4n) is 3.81. The molecule has 0 saturated carbocycles. The number of aromatic nitrogens is 2. The van der Waals surface area contributed by atoms with Crippen molar-refractivity contribution in [2.24, 2.45) is 0 Å². The smallest absolute Gasteiger partial charge is 0.255 e. The predicted molar refractivity (Wildman–Crippen MR) is 131 cm³/mol. The molecule has 3 atom stereocenters. The number of nitrogens with zero attached hydrogens (tertiary/aromatic N) is 2. The van der Waals surface area contributed by atoms with Crippen LogP contribution in [0.25, 0.3) is 0 Å². The molecule has 2 heterocycles. The summed E-state index contributed by atoms with van der Waals surface area (Å²) in [5, 5.41) is 5.64. The highest BCUT2D eigenvalue weighted by Crippen LogP contribution is 2.29. The van der Waals surface area contributed by atoms with E-state index in [-0.39, 0.29) is 17.8 Å². The second-order valence-electron chi connectivity index (χ2n) is 8.84. The Morgan fingerprint density at radius 3 is 2.17 bits per heavy atom. The van der Waals surface area contributed by atoms with Crippen LogP contribution in [0.5, 0.6) is 5.75 Å². The van der Waals surface area contributed by atoms with Gasteiger partial charge in [0, 0.05) is 18.8 Å². The first kappa shape index (κ1) is 25.0. The molecule has 36 heavy (non-hydrogen) atoms. The maximum Gasteiger partial charge on any atom is 0.255 e. The number of rotatable bonds is 11. The first-order chi connectivity index (χ1) is 17.4. The number of benzene rings is 2. The van der Waals surface area contributed by atoms with Gasteiger partial charge < -0.3 is 20.1 Å². The van der Waals surface area contributed by atoms with Crippen LogP contribution in [0.15, 0.2) is 73.3 Å². The van der Waals surface area contributed by atoms with Gasteiger partial charge in [-0.2, -0.15) is 0 Å². The zero-order valence-electron chi connectivity index (χ0n) is 20.1. The summed E-state index contributed by atoms with van der Waals surface area (Å²) in [5.74, 6) is -0.496. The number of hydrogen-bond donors (Lipinski definition) is 2. The highest BCUT2D eigenvalue weighted by Gasteiger charge is 2.50. The highest BCUT2D eigenvalue weighted by molar-refractivity contribution is 6.00. The van der Waals surface area contributed by atoms with Gasteiger partial charge in [-0.15, -0.1) is 0 Å². The van der Waals surface area contributed by atoms with E-state index in [2.05, 4.69) is 20.6 Å². The second kappa shape index (κ2) is 11.1. The van der Waals surface area contributed by atoms with Crippen LogP contribution in [-0.2, 0) is 27.2 Å². The SMILES string of the molecule is COc1ccc(CC(NC(=O)c2cncnc2)C(=O)NC(Cc2ccccc2)C(=O)C2(C)CO2)cc1. The Bertz CT molecular complexity index is 1200. The van der Waals surface area contributed by atoms with Gasteiger partial charge in [0.25, 0.3) is 5.91 Å². The van der Waals surface area contributed by atoms with E-state index in [1.165, 1.54) is 18.7 Å². The summed E-state index contributed by atoms with van der Waals surface area (Å²) in [6.45, 7) is 2.03. The molecule has 2 amide bonds. The van der Waals surface area contributed by atoms with Gasteiger partial charge in [0.1, 0.15) is 23.7 Å². The first-order valence-electron chi connectivity index (χ1n) is 11.6. The zero-order chi connectivity index (χ0) is 25.5. The Morgan fingerprint density at radius 1 is 0.944 bits per heavy atom. The quantitative estimate of drug-likeness (QED) is 0.395. The van der Waals surface area contributed by atoms with Crippen molar-refractivity contribution < 1.29 is 23.9 Å². The van der Waals surface area contributed by atoms with Crippen LogP contribution < -0.4 is 15.4 Å². The molecule has 4 rings (SSSR count). The number of carbonyl (C=O) groups is 3. The molecule has 1 fully saturated rings. The highest BCUT2D eigenvalue weighted by atomic mass is 16.6.